The number of fused-ring (bicyclic) bond motifs is 1. The average molecular weight is 691 g/mol. The fourth-order valence-corrected chi connectivity index (χ4v) is 7.46. The zero-order valence-corrected chi connectivity index (χ0v) is 26.7. The zero-order chi connectivity index (χ0) is 34.8. The van der Waals surface area contributed by atoms with Gasteiger partial charge in [-0.25, -0.2) is 18.0 Å². The maximum absolute atomic E-state index is 15.2. The second-order valence-corrected chi connectivity index (χ2v) is 12.5. The predicted octanol–water partition coefficient (Wildman–Crippen LogP) is 7.76. The number of hydrogen-bond donors (Lipinski definition) is 2. The molecule has 13 heteroatoms. The van der Waals surface area contributed by atoms with Crippen LogP contribution in [0.3, 0.4) is 0 Å². The number of aliphatic carboxylic acids is 1. The quantitative estimate of drug-likeness (QED) is 0.117. The van der Waals surface area contributed by atoms with Crippen LogP contribution in [0.25, 0.3) is 11.1 Å². The van der Waals surface area contributed by atoms with Crippen LogP contribution in [0, 0.1) is 12.7 Å². The van der Waals surface area contributed by atoms with Gasteiger partial charge in [0.25, 0.3) is 11.5 Å². The number of benzene rings is 3. The van der Waals surface area contributed by atoms with Crippen molar-refractivity contribution in [2.75, 3.05) is 25.5 Å². The standard InChI is InChI=1S/C35H32F6N2O4S/c1-20-24(17-25-26(35(39,40)41)12-7-13-27(25)36)33-43(32(46)30(20)22-10-6-11-23(16-22)34(2,37)38)28(19-48-33)31(21-8-4-3-5-9-21)42-14-15-47-18-29(44)45/h3-13,16,28,31,42H,14-15,17-19H2,1-2H3,(H,44,45). The first-order chi connectivity index (χ1) is 22.7. The van der Waals surface area contributed by atoms with E-state index in [0.717, 1.165) is 30.7 Å². The maximum atomic E-state index is 15.2. The molecule has 2 unspecified atom stereocenters. The van der Waals surface area contributed by atoms with Crippen LogP contribution in [0.4, 0.5) is 26.3 Å². The third kappa shape index (κ3) is 7.48. The number of pyridine rings is 1. The molecule has 0 bridgehead atoms. The number of nitrogens with one attached hydrogen (secondary N) is 1. The van der Waals surface area contributed by atoms with Gasteiger partial charge in [0.15, 0.2) is 0 Å². The molecule has 1 aliphatic rings. The topological polar surface area (TPSA) is 80.6 Å². The molecular weight excluding hydrogens is 658 g/mol. The fraction of sp³-hybridized carbons (Fsp3) is 0.314. The number of carboxylic acid groups (broad SMARTS) is 1. The van der Waals surface area contributed by atoms with Crippen LogP contribution in [-0.2, 0) is 28.1 Å². The molecule has 0 saturated carbocycles. The third-order valence-corrected chi connectivity index (χ3v) is 9.50. The van der Waals surface area contributed by atoms with E-state index in [1.807, 2.05) is 18.2 Å². The molecular formula is C35H32F6N2O4S. The van der Waals surface area contributed by atoms with Gasteiger partial charge in [0.05, 0.1) is 34.8 Å². The predicted molar refractivity (Wildman–Crippen MR) is 170 cm³/mol. The number of thioether (sulfide) groups is 1. The highest BCUT2D eigenvalue weighted by Crippen LogP contribution is 2.45. The average Bonchev–Trinajstić information content (AvgIpc) is 3.46. The van der Waals surface area contributed by atoms with E-state index in [2.05, 4.69) is 5.32 Å². The molecule has 2 N–H and O–H groups in total. The number of alkyl halides is 5. The summed E-state index contributed by atoms with van der Waals surface area (Å²) >= 11 is 1.24. The molecule has 0 aliphatic carbocycles. The van der Waals surface area contributed by atoms with Crippen LogP contribution in [0.15, 0.2) is 82.6 Å². The second-order valence-electron chi connectivity index (χ2n) is 11.5. The lowest BCUT2D eigenvalue weighted by Crippen LogP contribution is -2.37. The SMILES string of the molecule is Cc1c(Cc2c(F)cccc2C(F)(F)F)c2n(c(=O)c1-c1cccc(C(C)(F)F)c1)C(C(NCCOCC(=O)O)c1ccccc1)CS2. The smallest absolute Gasteiger partial charge is 0.416 e. The number of nitrogens with zero attached hydrogens (tertiary/aromatic N) is 1. The summed E-state index contributed by atoms with van der Waals surface area (Å²) in [6.07, 6.45) is -5.36. The van der Waals surface area contributed by atoms with Crippen LogP contribution in [0.5, 0.6) is 0 Å². The van der Waals surface area contributed by atoms with Gasteiger partial charge in [0.1, 0.15) is 12.4 Å². The summed E-state index contributed by atoms with van der Waals surface area (Å²) in [5.41, 5.74) is -1.14. The van der Waals surface area contributed by atoms with Gasteiger partial charge < -0.3 is 15.2 Å². The molecule has 4 aromatic rings. The summed E-state index contributed by atoms with van der Waals surface area (Å²) < 4.78 is 93.0. The fourth-order valence-electron chi connectivity index (χ4n) is 6.03. The van der Waals surface area contributed by atoms with Crippen LogP contribution in [0.1, 0.15) is 52.4 Å². The number of halogens is 6. The largest absolute Gasteiger partial charge is 0.480 e. The molecule has 0 radical (unpaired) electrons. The van der Waals surface area contributed by atoms with Crippen LogP contribution in [-0.4, -0.2) is 41.2 Å². The Morgan fingerprint density at radius 3 is 2.42 bits per heavy atom. The molecule has 2 atom stereocenters. The Morgan fingerprint density at radius 2 is 1.75 bits per heavy atom. The Morgan fingerprint density at radius 1 is 1.04 bits per heavy atom. The molecule has 3 aromatic carbocycles. The Kier molecular flexibility index (Phi) is 10.4. The molecule has 2 heterocycles. The first-order valence-electron chi connectivity index (χ1n) is 15.0. The number of carbonyl (C=O) groups is 1. The van der Waals surface area contributed by atoms with Crippen LogP contribution >= 0.6 is 11.8 Å². The Balaban J connectivity index is 1.71. The molecule has 0 spiro atoms. The lowest BCUT2D eigenvalue weighted by Gasteiger charge is -2.28. The van der Waals surface area contributed by atoms with Crippen molar-refractivity contribution in [3.8, 4) is 11.1 Å². The molecule has 48 heavy (non-hydrogen) atoms. The van der Waals surface area contributed by atoms with E-state index >= 15 is 4.39 Å². The number of carboxylic acids is 1. The summed E-state index contributed by atoms with van der Waals surface area (Å²) in [6, 6.07) is 15.9. The van der Waals surface area contributed by atoms with Gasteiger partial charge in [-0.3, -0.25) is 9.36 Å². The second kappa shape index (κ2) is 14.2. The first kappa shape index (κ1) is 35.2. The van der Waals surface area contributed by atoms with E-state index in [1.54, 1.807) is 19.1 Å². The van der Waals surface area contributed by atoms with Gasteiger partial charge >= 0.3 is 12.1 Å². The van der Waals surface area contributed by atoms with Gasteiger partial charge in [-0.15, -0.1) is 11.8 Å². The van der Waals surface area contributed by atoms with Crippen molar-refractivity contribution < 1.29 is 41.0 Å². The Labute approximate surface area is 276 Å². The van der Waals surface area contributed by atoms with Crippen molar-refractivity contribution in [3.05, 3.63) is 122 Å². The Hall–Kier alpha value is -4.07. The normalized spacial score (nSPS) is 15.4. The number of aromatic nitrogens is 1. The molecule has 6 nitrogen and oxygen atoms in total. The summed E-state index contributed by atoms with van der Waals surface area (Å²) in [7, 11) is 0. The summed E-state index contributed by atoms with van der Waals surface area (Å²) in [5, 5.41) is 12.6. The minimum absolute atomic E-state index is 0.0221. The molecule has 1 aliphatic heterocycles. The number of ether oxygens (including phenoxy) is 1. The van der Waals surface area contributed by atoms with Crippen molar-refractivity contribution in [1.82, 2.24) is 9.88 Å². The molecule has 5 rings (SSSR count). The first-order valence-corrected chi connectivity index (χ1v) is 16.0. The zero-order valence-electron chi connectivity index (χ0n) is 25.9. The van der Waals surface area contributed by atoms with Gasteiger partial charge in [-0.1, -0.05) is 54.6 Å². The van der Waals surface area contributed by atoms with Gasteiger partial charge in [-0.2, -0.15) is 13.2 Å². The third-order valence-electron chi connectivity index (χ3n) is 8.28. The molecule has 254 valence electrons. The lowest BCUT2D eigenvalue weighted by atomic mass is 9.91. The molecule has 1 aromatic heterocycles. The van der Waals surface area contributed by atoms with E-state index in [-0.39, 0.29) is 41.0 Å². The van der Waals surface area contributed by atoms with Gasteiger partial charge in [0.2, 0.25) is 0 Å². The van der Waals surface area contributed by atoms with E-state index in [1.165, 1.54) is 40.6 Å². The highest BCUT2D eigenvalue weighted by Gasteiger charge is 2.38. The highest BCUT2D eigenvalue weighted by atomic mass is 32.2. The Bertz CT molecular complexity index is 1860. The van der Waals surface area contributed by atoms with Crippen molar-refractivity contribution in [1.29, 1.82) is 0 Å². The van der Waals surface area contributed by atoms with E-state index in [0.29, 0.717) is 10.8 Å². The summed E-state index contributed by atoms with van der Waals surface area (Å²) in [4.78, 5) is 25.4. The molecule has 0 saturated heterocycles. The van der Waals surface area contributed by atoms with Gasteiger partial charge in [0, 0.05) is 36.8 Å². The van der Waals surface area contributed by atoms with E-state index in [4.69, 9.17) is 9.84 Å². The van der Waals surface area contributed by atoms with Crippen molar-refractivity contribution in [2.45, 2.75) is 49.5 Å². The minimum atomic E-state index is -4.86. The molecule has 0 fully saturated rings. The van der Waals surface area contributed by atoms with Crippen LogP contribution < -0.4 is 10.9 Å². The van der Waals surface area contributed by atoms with E-state index < -0.39 is 65.7 Å². The number of hydrogen-bond acceptors (Lipinski definition) is 5. The minimum Gasteiger partial charge on any atom is -0.480 e. The van der Waals surface area contributed by atoms with Crippen molar-refractivity contribution in [3.63, 3.8) is 0 Å². The number of rotatable bonds is 12. The maximum Gasteiger partial charge on any atom is 0.416 e. The van der Waals surface area contributed by atoms with E-state index in [9.17, 15) is 31.5 Å². The van der Waals surface area contributed by atoms with Gasteiger partial charge in [-0.05, 0) is 47.4 Å². The lowest BCUT2D eigenvalue weighted by molar-refractivity contribution is -0.142. The van der Waals surface area contributed by atoms with Crippen LogP contribution in [0.2, 0.25) is 0 Å². The summed E-state index contributed by atoms with van der Waals surface area (Å²) in [5.74, 6) is -5.14. The van der Waals surface area contributed by atoms with Crippen molar-refractivity contribution in [2.24, 2.45) is 0 Å². The monoisotopic (exact) mass is 690 g/mol. The summed E-state index contributed by atoms with van der Waals surface area (Å²) in [6.45, 7) is 1.99. The highest BCUT2D eigenvalue weighted by molar-refractivity contribution is 7.99. The molecule has 0 amide bonds. The van der Waals surface area contributed by atoms with Crippen molar-refractivity contribution >= 4 is 17.7 Å².